The molecule has 1 unspecified atom stereocenters. The molecule has 0 saturated heterocycles. The van der Waals surface area contributed by atoms with Crippen molar-refractivity contribution in [3.8, 4) is 0 Å². The molecule has 1 atom stereocenters. The van der Waals surface area contributed by atoms with Crippen LogP contribution in [0.1, 0.15) is 20.3 Å². The van der Waals surface area contributed by atoms with E-state index in [1.807, 2.05) is 13.8 Å². The van der Waals surface area contributed by atoms with E-state index in [4.69, 9.17) is 39.9 Å². The van der Waals surface area contributed by atoms with Gasteiger partial charge in [-0.3, -0.25) is 0 Å². The van der Waals surface area contributed by atoms with Crippen molar-refractivity contribution in [1.82, 2.24) is 5.32 Å². The maximum atomic E-state index is 11.8. The van der Waals surface area contributed by atoms with Crippen molar-refractivity contribution in [2.24, 2.45) is 5.92 Å². The zero-order valence-electron chi connectivity index (χ0n) is 11.4. The van der Waals surface area contributed by atoms with E-state index in [1.54, 1.807) is 0 Å². The normalized spacial score (nSPS) is 12.1. The molecule has 21 heavy (non-hydrogen) atoms. The molecule has 0 fully saturated rings. The van der Waals surface area contributed by atoms with Gasteiger partial charge in [0.1, 0.15) is 6.04 Å². The number of hydrogen-bond donors (Lipinski definition) is 3. The zero-order valence-corrected chi connectivity index (χ0v) is 13.7. The van der Waals surface area contributed by atoms with Crippen LogP contribution in [-0.2, 0) is 4.79 Å². The summed E-state index contributed by atoms with van der Waals surface area (Å²) in [6.07, 6.45) is 0.317. The number of carboxylic acids is 1. The minimum Gasteiger partial charge on any atom is -0.480 e. The number of anilines is 1. The molecule has 1 aromatic rings. The molecule has 2 amide bonds. The number of rotatable bonds is 5. The molecular formula is C13H15Cl3N2O3. The topological polar surface area (TPSA) is 78.4 Å². The zero-order chi connectivity index (χ0) is 16.2. The summed E-state index contributed by atoms with van der Waals surface area (Å²) in [6, 6.07) is 1.13. The Morgan fingerprint density at radius 2 is 1.71 bits per heavy atom. The highest BCUT2D eigenvalue weighted by Gasteiger charge is 2.21. The molecule has 0 aliphatic rings. The second kappa shape index (κ2) is 7.73. The summed E-state index contributed by atoms with van der Waals surface area (Å²) in [5.74, 6) is -0.973. The van der Waals surface area contributed by atoms with Crippen molar-refractivity contribution in [3.63, 3.8) is 0 Å². The van der Waals surface area contributed by atoms with Gasteiger partial charge >= 0.3 is 12.0 Å². The van der Waals surface area contributed by atoms with E-state index in [2.05, 4.69) is 10.6 Å². The second-order valence-corrected chi connectivity index (χ2v) is 6.09. The number of aliphatic carboxylic acids is 1. The van der Waals surface area contributed by atoms with Crippen LogP contribution in [0.2, 0.25) is 15.1 Å². The first kappa shape index (κ1) is 17.9. The maximum absolute atomic E-state index is 11.8. The van der Waals surface area contributed by atoms with E-state index in [9.17, 15) is 9.59 Å². The average Bonchev–Trinajstić information content (AvgIpc) is 2.34. The Balaban J connectivity index is 2.77. The van der Waals surface area contributed by atoms with Crippen LogP contribution in [0.3, 0.4) is 0 Å². The molecule has 0 heterocycles. The molecule has 0 saturated carbocycles. The lowest BCUT2D eigenvalue weighted by Crippen LogP contribution is -2.43. The summed E-state index contributed by atoms with van der Waals surface area (Å²) in [5.41, 5.74) is 0.247. The SMILES string of the molecule is CC(C)CC(NC(=O)Nc1cc(Cl)c(Cl)cc1Cl)C(=O)O. The van der Waals surface area contributed by atoms with E-state index < -0.39 is 18.0 Å². The Bertz CT molecular complexity index is 550. The van der Waals surface area contributed by atoms with Crippen molar-refractivity contribution in [2.45, 2.75) is 26.3 Å². The van der Waals surface area contributed by atoms with E-state index in [0.29, 0.717) is 6.42 Å². The van der Waals surface area contributed by atoms with E-state index in [0.717, 1.165) is 0 Å². The number of benzene rings is 1. The number of amides is 2. The summed E-state index contributed by atoms with van der Waals surface area (Å²) in [5, 5.41) is 14.6. The first-order chi connectivity index (χ1) is 9.70. The fourth-order valence-corrected chi connectivity index (χ4v) is 2.22. The number of nitrogens with one attached hydrogen (secondary N) is 2. The van der Waals surface area contributed by atoms with Crippen LogP contribution in [0.4, 0.5) is 10.5 Å². The fraction of sp³-hybridized carbons (Fsp3) is 0.385. The van der Waals surface area contributed by atoms with Gasteiger partial charge in [0.15, 0.2) is 0 Å². The van der Waals surface area contributed by atoms with Gasteiger partial charge in [-0.2, -0.15) is 0 Å². The van der Waals surface area contributed by atoms with Crippen molar-refractivity contribution in [3.05, 3.63) is 27.2 Å². The number of carboxylic acid groups (broad SMARTS) is 1. The Kier molecular flexibility index (Phi) is 6.58. The van der Waals surface area contributed by atoms with E-state index >= 15 is 0 Å². The van der Waals surface area contributed by atoms with Crippen LogP contribution in [-0.4, -0.2) is 23.1 Å². The van der Waals surface area contributed by atoms with Crippen molar-refractivity contribution in [1.29, 1.82) is 0 Å². The first-order valence-corrected chi connectivity index (χ1v) is 7.29. The smallest absolute Gasteiger partial charge is 0.326 e. The summed E-state index contributed by atoms with van der Waals surface area (Å²) >= 11 is 17.5. The van der Waals surface area contributed by atoms with Gasteiger partial charge in [-0.1, -0.05) is 48.7 Å². The maximum Gasteiger partial charge on any atom is 0.326 e. The van der Waals surface area contributed by atoms with Crippen molar-refractivity contribution >= 4 is 52.5 Å². The molecule has 3 N–H and O–H groups in total. The molecule has 1 aromatic carbocycles. The van der Waals surface area contributed by atoms with Crippen LogP contribution in [0.25, 0.3) is 0 Å². The summed E-state index contributed by atoms with van der Waals surface area (Å²) in [7, 11) is 0. The van der Waals surface area contributed by atoms with Crippen LogP contribution in [0.15, 0.2) is 12.1 Å². The molecule has 0 radical (unpaired) electrons. The van der Waals surface area contributed by atoms with Gasteiger partial charge in [0, 0.05) is 0 Å². The van der Waals surface area contributed by atoms with Gasteiger partial charge in [-0.25, -0.2) is 9.59 Å². The molecular weight excluding hydrogens is 339 g/mol. The molecule has 1 rings (SSSR count). The standard InChI is InChI=1S/C13H15Cl3N2O3/c1-6(2)3-11(12(19)20)18-13(21)17-10-5-8(15)7(14)4-9(10)16/h4-6,11H,3H2,1-2H3,(H,19,20)(H2,17,18,21). The summed E-state index contributed by atoms with van der Waals surface area (Å²) in [6.45, 7) is 3.73. The van der Waals surface area contributed by atoms with Crippen molar-refractivity contribution in [2.75, 3.05) is 5.32 Å². The van der Waals surface area contributed by atoms with Crippen LogP contribution < -0.4 is 10.6 Å². The molecule has 5 nitrogen and oxygen atoms in total. The Morgan fingerprint density at radius 3 is 2.24 bits per heavy atom. The number of hydrogen-bond acceptors (Lipinski definition) is 2. The minimum absolute atomic E-state index is 0.125. The van der Waals surface area contributed by atoms with Gasteiger partial charge < -0.3 is 15.7 Å². The monoisotopic (exact) mass is 352 g/mol. The predicted molar refractivity (Wildman–Crippen MR) is 84.5 cm³/mol. The van der Waals surface area contributed by atoms with Gasteiger partial charge in [0.25, 0.3) is 0 Å². The van der Waals surface area contributed by atoms with Crippen molar-refractivity contribution < 1.29 is 14.7 Å². The quantitative estimate of drug-likeness (QED) is 0.692. The average molecular weight is 354 g/mol. The van der Waals surface area contributed by atoms with Crippen LogP contribution >= 0.6 is 34.8 Å². The molecule has 116 valence electrons. The Labute approximate surface area is 137 Å². The van der Waals surface area contributed by atoms with E-state index in [1.165, 1.54) is 12.1 Å². The van der Waals surface area contributed by atoms with Gasteiger partial charge in [-0.05, 0) is 24.5 Å². The molecule has 0 bridgehead atoms. The number of halogens is 3. The lowest BCUT2D eigenvalue weighted by Gasteiger charge is -2.17. The van der Waals surface area contributed by atoms with E-state index in [-0.39, 0.29) is 26.7 Å². The second-order valence-electron chi connectivity index (χ2n) is 4.86. The minimum atomic E-state index is -1.10. The number of carbonyl (C=O) groups is 2. The van der Waals surface area contributed by atoms with Gasteiger partial charge in [0.05, 0.1) is 20.8 Å². The fourth-order valence-electron chi connectivity index (χ4n) is 1.63. The first-order valence-electron chi connectivity index (χ1n) is 6.15. The summed E-state index contributed by atoms with van der Waals surface area (Å²) < 4.78 is 0. The third-order valence-electron chi connectivity index (χ3n) is 2.57. The molecule has 0 spiro atoms. The molecule has 8 heteroatoms. The molecule has 0 aliphatic carbocycles. The third-order valence-corrected chi connectivity index (χ3v) is 3.60. The molecule has 0 aliphatic heterocycles. The third kappa shape index (κ3) is 5.61. The number of carbonyl (C=O) groups excluding carboxylic acids is 1. The highest BCUT2D eigenvalue weighted by Crippen LogP contribution is 2.32. The highest BCUT2D eigenvalue weighted by molar-refractivity contribution is 6.44. The van der Waals surface area contributed by atoms with Crippen LogP contribution in [0, 0.1) is 5.92 Å². The Hall–Kier alpha value is -1.17. The highest BCUT2D eigenvalue weighted by atomic mass is 35.5. The lowest BCUT2D eigenvalue weighted by molar-refractivity contribution is -0.139. The largest absolute Gasteiger partial charge is 0.480 e. The van der Waals surface area contributed by atoms with Gasteiger partial charge in [0.2, 0.25) is 0 Å². The van der Waals surface area contributed by atoms with Gasteiger partial charge in [-0.15, -0.1) is 0 Å². The molecule has 0 aromatic heterocycles. The lowest BCUT2D eigenvalue weighted by atomic mass is 10.0. The Morgan fingerprint density at radius 1 is 1.14 bits per heavy atom. The number of urea groups is 1. The van der Waals surface area contributed by atoms with Crippen LogP contribution in [0.5, 0.6) is 0 Å². The summed E-state index contributed by atoms with van der Waals surface area (Å²) in [4.78, 5) is 22.9. The predicted octanol–water partition coefficient (Wildman–Crippen LogP) is 4.27.